The van der Waals surface area contributed by atoms with E-state index >= 15 is 0 Å². The van der Waals surface area contributed by atoms with Gasteiger partial charge in [0.25, 0.3) is 5.91 Å². The lowest BCUT2D eigenvalue weighted by atomic mass is 10.0. The zero-order valence-electron chi connectivity index (χ0n) is 19.5. The molecule has 6 nitrogen and oxygen atoms in total. The van der Waals surface area contributed by atoms with Crippen LogP contribution in [0.3, 0.4) is 0 Å². The van der Waals surface area contributed by atoms with Gasteiger partial charge in [0.2, 0.25) is 0 Å². The highest BCUT2D eigenvalue weighted by molar-refractivity contribution is 5.83. The van der Waals surface area contributed by atoms with Crippen LogP contribution in [0.4, 0.5) is 0 Å². The number of aryl methyl sites for hydroxylation is 1. The van der Waals surface area contributed by atoms with Crippen molar-refractivity contribution in [2.24, 2.45) is 5.10 Å². The van der Waals surface area contributed by atoms with E-state index in [0.717, 1.165) is 11.1 Å². The maximum absolute atomic E-state index is 12.0. The molecule has 1 N–H and O–H groups in total. The second-order valence-electron chi connectivity index (χ2n) is 7.93. The molecule has 0 atom stereocenters. The lowest BCUT2D eigenvalue weighted by Crippen LogP contribution is -2.24. The summed E-state index contributed by atoms with van der Waals surface area (Å²) in [6, 6.07) is 21.3. The van der Waals surface area contributed by atoms with Crippen molar-refractivity contribution in [2.75, 3.05) is 13.7 Å². The predicted octanol–water partition coefficient (Wildman–Crippen LogP) is 5.24. The molecule has 0 unspecified atom stereocenters. The fourth-order valence-electron chi connectivity index (χ4n) is 3.12. The Kier molecular flexibility index (Phi) is 8.47. The second kappa shape index (κ2) is 11.7. The van der Waals surface area contributed by atoms with Gasteiger partial charge < -0.3 is 14.2 Å². The normalized spacial score (nSPS) is 10.9. The Bertz CT molecular complexity index is 1090. The van der Waals surface area contributed by atoms with E-state index in [1.54, 1.807) is 19.4 Å². The Morgan fingerprint density at radius 1 is 1.00 bits per heavy atom. The molecule has 0 saturated carbocycles. The molecule has 0 aliphatic heterocycles. The van der Waals surface area contributed by atoms with Gasteiger partial charge in [-0.2, -0.15) is 5.10 Å². The van der Waals surface area contributed by atoms with E-state index < -0.39 is 0 Å². The van der Waals surface area contributed by atoms with Crippen LogP contribution in [0.5, 0.6) is 17.2 Å². The van der Waals surface area contributed by atoms with E-state index in [1.807, 2.05) is 54.6 Å². The van der Waals surface area contributed by atoms with E-state index in [2.05, 4.69) is 37.4 Å². The van der Waals surface area contributed by atoms with Crippen LogP contribution in [0.1, 0.15) is 42.0 Å². The largest absolute Gasteiger partial charge is 0.493 e. The Morgan fingerprint density at radius 3 is 2.45 bits per heavy atom. The molecular weight excluding hydrogens is 416 g/mol. The molecule has 3 aromatic carbocycles. The summed E-state index contributed by atoms with van der Waals surface area (Å²) in [5, 5.41) is 4.00. The van der Waals surface area contributed by atoms with Gasteiger partial charge in [-0.05, 0) is 65.4 Å². The Balaban J connectivity index is 1.50. The molecule has 1 amide bonds. The van der Waals surface area contributed by atoms with Crippen molar-refractivity contribution in [3.05, 3.63) is 89.0 Å². The molecule has 0 spiro atoms. The standard InChI is InChI=1S/C27H30N2O4/c1-19(2)22-10-12-24(13-11-22)32-18-27(30)29-28-16-21-9-14-25(26(15-21)31-4)33-17-23-8-6-5-7-20(23)3/h5-16,19H,17-18H2,1-4H3,(H,29,30)/b28-16+. The summed E-state index contributed by atoms with van der Waals surface area (Å²) >= 11 is 0. The molecule has 172 valence electrons. The summed E-state index contributed by atoms with van der Waals surface area (Å²) in [5.41, 5.74) is 6.74. The van der Waals surface area contributed by atoms with E-state index in [-0.39, 0.29) is 12.5 Å². The molecule has 0 aliphatic carbocycles. The SMILES string of the molecule is COc1cc(/C=N/NC(=O)COc2ccc(C(C)C)cc2)ccc1OCc1ccccc1C. The summed E-state index contributed by atoms with van der Waals surface area (Å²) in [4.78, 5) is 12.0. The Morgan fingerprint density at radius 2 is 1.76 bits per heavy atom. The topological polar surface area (TPSA) is 69.2 Å². The fourth-order valence-corrected chi connectivity index (χ4v) is 3.12. The predicted molar refractivity (Wildman–Crippen MR) is 130 cm³/mol. The third kappa shape index (κ3) is 7.10. The molecule has 0 aromatic heterocycles. The highest BCUT2D eigenvalue weighted by atomic mass is 16.5. The monoisotopic (exact) mass is 446 g/mol. The number of benzene rings is 3. The molecule has 0 radical (unpaired) electrons. The van der Waals surface area contributed by atoms with Gasteiger partial charge >= 0.3 is 0 Å². The van der Waals surface area contributed by atoms with Gasteiger partial charge in [-0.1, -0.05) is 50.2 Å². The van der Waals surface area contributed by atoms with Crippen molar-refractivity contribution in [3.63, 3.8) is 0 Å². The minimum Gasteiger partial charge on any atom is -0.493 e. The summed E-state index contributed by atoms with van der Waals surface area (Å²) in [6.07, 6.45) is 1.54. The maximum Gasteiger partial charge on any atom is 0.277 e. The molecule has 33 heavy (non-hydrogen) atoms. The van der Waals surface area contributed by atoms with Crippen LogP contribution in [0.2, 0.25) is 0 Å². The highest BCUT2D eigenvalue weighted by Crippen LogP contribution is 2.28. The number of nitrogens with one attached hydrogen (secondary N) is 1. The second-order valence-corrected chi connectivity index (χ2v) is 7.93. The first kappa shape index (κ1) is 23.9. The van der Waals surface area contributed by atoms with Crippen molar-refractivity contribution in [2.45, 2.75) is 33.3 Å². The molecule has 0 bridgehead atoms. The van der Waals surface area contributed by atoms with Crippen molar-refractivity contribution < 1.29 is 19.0 Å². The van der Waals surface area contributed by atoms with Crippen LogP contribution < -0.4 is 19.6 Å². The molecule has 3 aromatic rings. The van der Waals surface area contributed by atoms with Crippen LogP contribution in [0.25, 0.3) is 0 Å². The van der Waals surface area contributed by atoms with Crippen LogP contribution in [0.15, 0.2) is 71.8 Å². The molecule has 6 heteroatoms. The van der Waals surface area contributed by atoms with Crippen molar-refractivity contribution in [1.82, 2.24) is 5.43 Å². The molecular formula is C27H30N2O4. The molecule has 0 heterocycles. The van der Waals surface area contributed by atoms with Gasteiger partial charge in [-0.3, -0.25) is 4.79 Å². The number of carbonyl (C=O) groups excluding carboxylic acids is 1. The van der Waals surface area contributed by atoms with E-state index in [4.69, 9.17) is 14.2 Å². The first-order chi connectivity index (χ1) is 16.0. The summed E-state index contributed by atoms with van der Waals surface area (Å²) in [7, 11) is 1.59. The van der Waals surface area contributed by atoms with Gasteiger partial charge in [0.1, 0.15) is 12.4 Å². The minimum absolute atomic E-state index is 0.118. The molecule has 0 aliphatic rings. The van der Waals surface area contributed by atoms with Gasteiger partial charge in [0.05, 0.1) is 13.3 Å². The van der Waals surface area contributed by atoms with E-state index in [1.165, 1.54) is 11.1 Å². The number of rotatable bonds is 10. The number of hydrogen-bond donors (Lipinski definition) is 1. The van der Waals surface area contributed by atoms with Crippen molar-refractivity contribution in [3.8, 4) is 17.2 Å². The number of amides is 1. The van der Waals surface area contributed by atoms with Crippen molar-refractivity contribution in [1.29, 1.82) is 0 Å². The minimum atomic E-state index is -0.343. The number of methoxy groups -OCH3 is 1. The van der Waals surface area contributed by atoms with E-state index in [0.29, 0.717) is 29.8 Å². The lowest BCUT2D eigenvalue weighted by Gasteiger charge is -2.12. The van der Waals surface area contributed by atoms with Crippen LogP contribution >= 0.6 is 0 Å². The quantitative estimate of drug-likeness (QED) is 0.342. The van der Waals surface area contributed by atoms with Crippen LogP contribution in [-0.4, -0.2) is 25.8 Å². The number of carbonyl (C=O) groups is 1. The zero-order chi connectivity index (χ0) is 23.6. The van der Waals surface area contributed by atoms with Crippen LogP contribution in [0, 0.1) is 6.92 Å². The molecule has 3 rings (SSSR count). The van der Waals surface area contributed by atoms with Gasteiger partial charge in [0, 0.05) is 0 Å². The zero-order valence-corrected chi connectivity index (χ0v) is 19.5. The smallest absolute Gasteiger partial charge is 0.277 e. The first-order valence-electron chi connectivity index (χ1n) is 10.9. The van der Waals surface area contributed by atoms with Crippen LogP contribution in [-0.2, 0) is 11.4 Å². The van der Waals surface area contributed by atoms with Crippen molar-refractivity contribution >= 4 is 12.1 Å². The fraction of sp³-hybridized carbons (Fsp3) is 0.259. The number of hydrazone groups is 1. The molecule has 0 fully saturated rings. The summed E-state index contributed by atoms with van der Waals surface area (Å²) in [5.74, 6) is 1.98. The van der Waals surface area contributed by atoms with E-state index in [9.17, 15) is 4.79 Å². The first-order valence-corrected chi connectivity index (χ1v) is 10.9. The average Bonchev–Trinajstić information content (AvgIpc) is 2.83. The third-order valence-electron chi connectivity index (χ3n) is 5.15. The third-order valence-corrected chi connectivity index (χ3v) is 5.15. The summed E-state index contributed by atoms with van der Waals surface area (Å²) < 4.78 is 16.9. The number of hydrogen-bond acceptors (Lipinski definition) is 5. The number of ether oxygens (including phenoxy) is 3. The lowest BCUT2D eigenvalue weighted by molar-refractivity contribution is -0.123. The number of nitrogens with zero attached hydrogens (tertiary/aromatic N) is 1. The maximum atomic E-state index is 12.0. The molecule has 0 saturated heterocycles. The highest BCUT2D eigenvalue weighted by Gasteiger charge is 2.07. The average molecular weight is 447 g/mol. The van der Waals surface area contributed by atoms with Gasteiger partial charge in [-0.25, -0.2) is 5.43 Å². The van der Waals surface area contributed by atoms with Gasteiger partial charge in [0.15, 0.2) is 18.1 Å². The summed E-state index contributed by atoms with van der Waals surface area (Å²) in [6.45, 7) is 6.64. The van der Waals surface area contributed by atoms with Gasteiger partial charge in [-0.15, -0.1) is 0 Å². The Hall–Kier alpha value is -3.80. The Labute approximate surface area is 195 Å².